The molecule has 2 N–H and O–H groups in total. The van der Waals surface area contributed by atoms with Crippen LogP contribution in [0, 0.1) is 6.92 Å². The fraction of sp³-hybridized carbons (Fsp3) is 0.136. The quantitative estimate of drug-likeness (QED) is 0.544. The number of nitrogens with one attached hydrogen (secondary N) is 2. The molecule has 6 nitrogen and oxygen atoms in total. The van der Waals surface area contributed by atoms with Crippen LogP contribution in [0.2, 0.25) is 0 Å². The number of anilines is 1. The number of rotatable bonds is 6. The highest BCUT2D eigenvalue weighted by atomic mass is 16.2. The van der Waals surface area contributed by atoms with Crippen LogP contribution in [0.5, 0.6) is 0 Å². The SMILES string of the molecule is Cc1ccc(NC(=O)C(NCc2nnc3ccccn23)c2ccccc2)cc1. The Kier molecular flexibility index (Phi) is 5.12. The summed E-state index contributed by atoms with van der Waals surface area (Å²) in [6, 6.07) is 22.7. The molecule has 1 atom stereocenters. The predicted molar refractivity (Wildman–Crippen MR) is 109 cm³/mol. The Bertz CT molecular complexity index is 1070. The molecule has 0 saturated carbocycles. The number of carbonyl (C=O) groups excluding carboxylic acids is 1. The van der Waals surface area contributed by atoms with E-state index in [2.05, 4.69) is 20.8 Å². The van der Waals surface area contributed by atoms with Crippen LogP contribution in [0.4, 0.5) is 5.69 Å². The van der Waals surface area contributed by atoms with Gasteiger partial charge in [-0.3, -0.25) is 14.5 Å². The van der Waals surface area contributed by atoms with Gasteiger partial charge in [0.1, 0.15) is 6.04 Å². The first-order chi connectivity index (χ1) is 13.7. The van der Waals surface area contributed by atoms with Crippen molar-refractivity contribution in [3.63, 3.8) is 0 Å². The fourth-order valence-electron chi connectivity index (χ4n) is 3.06. The van der Waals surface area contributed by atoms with E-state index < -0.39 is 6.04 Å². The minimum Gasteiger partial charge on any atom is -0.324 e. The van der Waals surface area contributed by atoms with Crippen molar-refractivity contribution in [1.82, 2.24) is 19.9 Å². The summed E-state index contributed by atoms with van der Waals surface area (Å²) < 4.78 is 1.91. The molecule has 0 aliphatic carbocycles. The van der Waals surface area contributed by atoms with Crippen molar-refractivity contribution in [2.24, 2.45) is 0 Å². The average molecular weight is 371 g/mol. The highest BCUT2D eigenvalue weighted by Crippen LogP contribution is 2.17. The van der Waals surface area contributed by atoms with Gasteiger partial charge in [0.2, 0.25) is 5.91 Å². The van der Waals surface area contributed by atoms with Crippen LogP contribution in [0.25, 0.3) is 5.65 Å². The van der Waals surface area contributed by atoms with E-state index in [-0.39, 0.29) is 5.91 Å². The molecule has 140 valence electrons. The van der Waals surface area contributed by atoms with E-state index in [1.54, 1.807) is 0 Å². The number of hydrogen-bond acceptors (Lipinski definition) is 4. The Morgan fingerprint density at radius 2 is 1.71 bits per heavy atom. The third-order valence-corrected chi connectivity index (χ3v) is 4.56. The smallest absolute Gasteiger partial charge is 0.246 e. The van der Waals surface area contributed by atoms with Gasteiger partial charge in [-0.1, -0.05) is 54.1 Å². The molecule has 0 bridgehead atoms. The molecule has 0 radical (unpaired) electrons. The number of pyridine rings is 1. The number of benzene rings is 2. The predicted octanol–water partition coefficient (Wildman–Crippen LogP) is 3.51. The molecular weight excluding hydrogens is 350 g/mol. The molecule has 1 amide bonds. The first-order valence-electron chi connectivity index (χ1n) is 9.15. The Morgan fingerprint density at radius 3 is 2.50 bits per heavy atom. The lowest BCUT2D eigenvalue weighted by molar-refractivity contribution is -0.118. The second-order valence-corrected chi connectivity index (χ2v) is 6.62. The number of fused-ring (bicyclic) bond motifs is 1. The van der Waals surface area contributed by atoms with E-state index >= 15 is 0 Å². The zero-order valence-electron chi connectivity index (χ0n) is 15.5. The van der Waals surface area contributed by atoms with Gasteiger partial charge in [0.05, 0.1) is 6.54 Å². The van der Waals surface area contributed by atoms with Crippen LogP contribution in [0.3, 0.4) is 0 Å². The van der Waals surface area contributed by atoms with Crippen molar-refractivity contribution in [2.75, 3.05) is 5.32 Å². The van der Waals surface area contributed by atoms with Gasteiger partial charge < -0.3 is 5.32 Å². The van der Waals surface area contributed by atoms with Crippen molar-refractivity contribution < 1.29 is 4.79 Å². The number of amides is 1. The van der Waals surface area contributed by atoms with Gasteiger partial charge in [0, 0.05) is 11.9 Å². The van der Waals surface area contributed by atoms with Crippen molar-refractivity contribution >= 4 is 17.2 Å². The first kappa shape index (κ1) is 17.9. The van der Waals surface area contributed by atoms with Gasteiger partial charge in [-0.05, 0) is 36.8 Å². The Morgan fingerprint density at radius 1 is 0.964 bits per heavy atom. The van der Waals surface area contributed by atoms with Gasteiger partial charge in [-0.2, -0.15) is 0 Å². The second-order valence-electron chi connectivity index (χ2n) is 6.62. The molecule has 1 unspecified atom stereocenters. The van der Waals surface area contributed by atoms with Crippen LogP contribution < -0.4 is 10.6 Å². The summed E-state index contributed by atoms with van der Waals surface area (Å²) in [7, 11) is 0. The number of hydrogen-bond donors (Lipinski definition) is 2. The Hall–Kier alpha value is -3.51. The van der Waals surface area contributed by atoms with Crippen molar-refractivity contribution in [2.45, 2.75) is 19.5 Å². The van der Waals surface area contributed by atoms with E-state index in [0.29, 0.717) is 6.54 Å². The summed E-state index contributed by atoms with van der Waals surface area (Å²) in [5.74, 6) is 0.628. The van der Waals surface area contributed by atoms with Crippen molar-refractivity contribution in [3.8, 4) is 0 Å². The summed E-state index contributed by atoms with van der Waals surface area (Å²) >= 11 is 0. The summed E-state index contributed by atoms with van der Waals surface area (Å²) in [4.78, 5) is 13.0. The van der Waals surface area contributed by atoms with Gasteiger partial charge in [-0.25, -0.2) is 0 Å². The second kappa shape index (κ2) is 8.02. The lowest BCUT2D eigenvalue weighted by Crippen LogP contribution is -2.33. The Balaban J connectivity index is 1.55. The summed E-state index contributed by atoms with van der Waals surface area (Å²) in [5, 5.41) is 14.7. The monoisotopic (exact) mass is 371 g/mol. The van der Waals surface area contributed by atoms with E-state index in [1.165, 1.54) is 0 Å². The zero-order chi connectivity index (χ0) is 19.3. The fourth-order valence-corrected chi connectivity index (χ4v) is 3.06. The van der Waals surface area contributed by atoms with Crippen LogP contribution in [0.1, 0.15) is 23.0 Å². The van der Waals surface area contributed by atoms with Crippen LogP contribution in [-0.2, 0) is 11.3 Å². The van der Waals surface area contributed by atoms with Crippen LogP contribution in [0.15, 0.2) is 79.0 Å². The highest BCUT2D eigenvalue weighted by Gasteiger charge is 2.21. The third-order valence-electron chi connectivity index (χ3n) is 4.56. The molecule has 28 heavy (non-hydrogen) atoms. The Labute approximate surface area is 163 Å². The molecule has 0 aliphatic heterocycles. The topological polar surface area (TPSA) is 71.3 Å². The molecule has 2 aromatic carbocycles. The van der Waals surface area contributed by atoms with Crippen LogP contribution in [-0.4, -0.2) is 20.5 Å². The largest absolute Gasteiger partial charge is 0.324 e. The number of nitrogens with zero attached hydrogens (tertiary/aromatic N) is 3. The molecule has 0 saturated heterocycles. The standard InChI is InChI=1S/C22H21N5O/c1-16-10-12-18(13-11-16)24-22(28)21(17-7-3-2-4-8-17)23-15-20-26-25-19-9-5-6-14-27(19)20/h2-14,21,23H,15H2,1H3,(H,24,28). The van der Waals surface area contributed by atoms with Crippen LogP contribution >= 0.6 is 0 Å². The lowest BCUT2D eigenvalue weighted by atomic mass is 10.1. The summed E-state index contributed by atoms with van der Waals surface area (Å²) in [6.07, 6.45) is 1.91. The molecule has 0 aliphatic rings. The lowest BCUT2D eigenvalue weighted by Gasteiger charge is -2.18. The number of aryl methyl sites for hydroxylation is 1. The molecule has 2 heterocycles. The zero-order valence-corrected chi connectivity index (χ0v) is 15.5. The first-order valence-corrected chi connectivity index (χ1v) is 9.15. The molecule has 0 spiro atoms. The molecule has 6 heteroatoms. The molecule has 4 rings (SSSR count). The van der Waals surface area contributed by atoms with Gasteiger partial charge >= 0.3 is 0 Å². The normalized spacial score (nSPS) is 12.0. The van der Waals surface area contributed by atoms with E-state index in [9.17, 15) is 4.79 Å². The van der Waals surface area contributed by atoms with Crippen molar-refractivity contribution in [1.29, 1.82) is 0 Å². The van der Waals surface area contributed by atoms with E-state index in [1.807, 2.05) is 90.3 Å². The maximum Gasteiger partial charge on any atom is 0.246 e. The third kappa shape index (κ3) is 3.92. The molecular formula is C22H21N5O. The number of aromatic nitrogens is 3. The van der Waals surface area contributed by atoms with E-state index in [0.717, 1.165) is 28.3 Å². The van der Waals surface area contributed by atoms with E-state index in [4.69, 9.17) is 0 Å². The maximum atomic E-state index is 13.0. The highest BCUT2D eigenvalue weighted by molar-refractivity contribution is 5.95. The number of carbonyl (C=O) groups is 1. The maximum absolute atomic E-state index is 13.0. The summed E-state index contributed by atoms with van der Waals surface area (Å²) in [6.45, 7) is 2.43. The van der Waals surface area contributed by atoms with Gasteiger partial charge in [0.25, 0.3) is 0 Å². The minimum absolute atomic E-state index is 0.121. The van der Waals surface area contributed by atoms with Gasteiger partial charge in [0.15, 0.2) is 11.5 Å². The molecule has 2 aromatic heterocycles. The average Bonchev–Trinajstić information content (AvgIpc) is 3.14. The van der Waals surface area contributed by atoms with Gasteiger partial charge in [-0.15, -0.1) is 10.2 Å². The molecule has 0 fully saturated rings. The minimum atomic E-state index is -0.515. The van der Waals surface area contributed by atoms with Crippen molar-refractivity contribution in [3.05, 3.63) is 95.9 Å². The summed E-state index contributed by atoms with van der Waals surface area (Å²) in [5.41, 5.74) is 3.58. The molecule has 4 aromatic rings.